The fourth-order valence-corrected chi connectivity index (χ4v) is 8.21. The van der Waals surface area contributed by atoms with Crippen LogP contribution in [0.3, 0.4) is 0 Å². The Morgan fingerprint density at radius 3 is 1.31 bits per heavy atom. The maximum absolute atomic E-state index is 5.16. The monoisotopic (exact) mass is 752 g/mol. The highest BCUT2D eigenvalue weighted by Crippen LogP contribution is 2.38. The molecule has 59 heavy (non-hydrogen) atoms. The molecule has 2 aromatic heterocycles. The summed E-state index contributed by atoms with van der Waals surface area (Å²) in [5, 5.41) is 4.75. The lowest BCUT2D eigenvalue weighted by Crippen LogP contribution is -2.00. The lowest BCUT2D eigenvalue weighted by Gasteiger charge is -2.11. The molecule has 0 bridgehead atoms. The maximum atomic E-state index is 5.16. The summed E-state index contributed by atoms with van der Waals surface area (Å²) < 4.78 is 2.38. The molecule has 4 heteroatoms. The van der Waals surface area contributed by atoms with E-state index in [1.807, 2.05) is 24.3 Å². The van der Waals surface area contributed by atoms with Crippen LogP contribution in [0.1, 0.15) is 0 Å². The third-order valence-electron chi connectivity index (χ3n) is 11.3. The lowest BCUT2D eigenvalue weighted by molar-refractivity contribution is 1.07. The molecule has 0 saturated carbocycles. The van der Waals surface area contributed by atoms with Crippen LogP contribution in [0.15, 0.2) is 218 Å². The predicted octanol–water partition coefficient (Wildman–Crippen LogP) is 14.1. The zero-order chi connectivity index (χ0) is 39.1. The van der Waals surface area contributed by atoms with Crippen molar-refractivity contribution in [1.29, 1.82) is 0 Å². The summed E-state index contributed by atoms with van der Waals surface area (Å²) in [6.45, 7) is 0. The molecule has 11 rings (SSSR count). The fourth-order valence-electron chi connectivity index (χ4n) is 8.21. The van der Waals surface area contributed by atoms with Crippen molar-refractivity contribution >= 4 is 32.6 Å². The van der Waals surface area contributed by atoms with E-state index in [4.69, 9.17) is 15.0 Å². The van der Waals surface area contributed by atoms with E-state index in [0.717, 1.165) is 44.4 Å². The minimum absolute atomic E-state index is 0.623. The smallest absolute Gasteiger partial charge is 0.164 e. The largest absolute Gasteiger partial charge is 0.309 e. The molecule has 0 aliphatic heterocycles. The molecule has 0 atom stereocenters. The molecule has 9 aromatic carbocycles. The number of rotatable bonds is 7. The molecular formula is C55H36N4. The Morgan fingerprint density at radius 1 is 0.254 bits per heavy atom. The van der Waals surface area contributed by atoms with Crippen LogP contribution in [0.25, 0.3) is 106 Å². The highest BCUT2D eigenvalue weighted by molar-refractivity contribution is 6.11. The Balaban J connectivity index is 1.07. The summed E-state index contributed by atoms with van der Waals surface area (Å²) in [7, 11) is 0. The van der Waals surface area contributed by atoms with Gasteiger partial charge in [-0.25, -0.2) is 15.0 Å². The van der Waals surface area contributed by atoms with Crippen LogP contribution in [0.4, 0.5) is 0 Å². The molecule has 0 N–H and O–H groups in total. The number of hydrogen-bond acceptors (Lipinski definition) is 3. The Morgan fingerprint density at radius 2 is 0.695 bits per heavy atom. The van der Waals surface area contributed by atoms with Gasteiger partial charge in [-0.3, -0.25) is 0 Å². The van der Waals surface area contributed by atoms with Crippen molar-refractivity contribution in [3.8, 4) is 73.2 Å². The van der Waals surface area contributed by atoms with Crippen LogP contribution < -0.4 is 0 Å². The van der Waals surface area contributed by atoms with Gasteiger partial charge in [0.25, 0.3) is 0 Å². The van der Waals surface area contributed by atoms with E-state index in [-0.39, 0.29) is 0 Å². The lowest BCUT2D eigenvalue weighted by atomic mass is 9.99. The Kier molecular flexibility index (Phi) is 8.45. The Labute approximate surface area is 342 Å². The van der Waals surface area contributed by atoms with Crippen LogP contribution in [-0.4, -0.2) is 19.5 Å². The van der Waals surface area contributed by atoms with Gasteiger partial charge in [0.05, 0.1) is 11.0 Å². The molecule has 0 amide bonds. The van der Waals surface area contributed by atoms with Crippen molar-refractivity contribution in [3.63, 3.8) is 0 Å². The van der Waals surface area contributed by atoms with Crippen molar-refractivity contribution in [2.24, 2.45) is 0 Å². The van der Waals surface area contributed by atoms with E-state index in [1.165, 1.54) is 44.0 Å². The number of hydrogen-bond donors (Lipinski definition) is 0. The van der Waals surface area contributed by atoms with Gasteiger partial charge >= 0.3 is 0 Å². The first-order chi connectivity index (χ1) is 29.2. The third kappa shape index (κ3) is 6.43. The van der Waals surface area contributed by atoms with Gasteiger partial charge in [-0.1, -0.05) is 188 Å². The molecule has 2 heterocycles. The molecule has 0 fully saturated rings. The highest BCUT2D eigenvalue weighted by Gasteiger charge is 2.18. The topological polar surface area (TPSA) is 43.6 Å². The SMILES string of the molecule is c1ccc(-c2ccc(-c3ccc4c(c3)c3ccc(-c5nc(-c6ccccc6)nc(-c6ccc(-c7ccccc7)cc6)n5)cc3n4-c3ccc4ccccc4c3)cc2)cc1. The predicted molar refractivity (Wildman–Crippen MR) is 244 cm³/mol. The zero-order valence-electron chi connectivity index (χ0n) is 32.1. The van der Waals surface area contributed by atoms with Gasteiger partial charge < -0.3 is 4.57 Å². The summed E-state index contributed by atoms with van der Waals surface area (Å²) in [5.74, 6) is 1.89. The Hall–Kier alpha value is -7.95. The van der Waals surface area contributed by atoms with Crippen LogP contribution in [0, 0.1) is 0 Å². The van der Waals surface area contributed by atoms with Gasteiger partial charge in [-0.15, -0.1) is 0 Å². The second kappa shape index (κ2) is 14.5. The normalized spacial score (nSPS) is 11.4. The van der Waals surface area contributed by atoms with Gasteiger partial charge in [-0.05, 0) is 74.5 Å². The highest BCUT2D eigenvalue weighted by atomic mass is 15.0. The van der Waals surface area contributed by atoms with E-state index < -0.39 is 0 Å². The summed E-state index contributed by atoms with van der Waals surface area (Å²) >= 11 is 0. The van der Waals surface area contributed by atoms with E-state index in [0.29, 0.717) is 17.5 Å². The van der Waals surface area contributed by atoms with Crippen molar-refractivity contribution < 1.29 is 0 Å². The quantitative estimate of drug-likeness (QED) is 0.163. The summed E-state index contributed by atoms with van der Waals surface area (Å²) in [6, 6.07) is 77.2. The standard InChI is InChI=1S/C55H36N4/c1-4-12-37(13-5-1)40-20-22-42(23-21-40)46-30-33-51-50(35-46)49-32-29-47(36-52(49)59(51)48-31-28-39-16-10-11-19-45(39)34-48)55-57-53(43-17-8-3-9-18-43)56-54(58-55)44-26-24-41(25-27-44)38-14-6-2-7-15-38/h1-36H. The summed E-state index contributed by atoms with van der Waals surface area (Å²) in [5.41, 5.74) is 13.2. The first-order valence-corrected chi connectivity index (χ1v) is 19.9. The van der Waals surface area contributed by atoms with Crippen LogP contribution in [0.5, 0.6) is 0 Å². The first-order valence-electron chi connectivity index (χ1n) is 19.9. The third-order valence-corrected chi connectivity index (χ3v) is 11.3. The van der Waals surface area contributed by atoms with Crippen LogP contribution in [0.2, 0.25) is 0 Å². The second-order valence-corrected chi connectivity index (χ2v) is 14.9. The molecule has 0 aliphatic carbocycles. The van der Waals surface area contributed by atoms with E-state index in [9.17, 15) is 0 Å². The van der Waals surface area contributed by atoms with Gasteiger partial charge in [0, 0.05) is 33.2 Å². The average Bonchev–Trinajstić information content (AvgIpc) is 3.65. The Bertz CT molecular complexity index is 3280. The van der Waals surface area contributed by atoms with Crippen LogP contribution >= 0.6 is 0 Å². The second-order valence-electron chi connectivity index (χ2n) is 14.9. The molecule has 4 nitrogen and oxygen atoms in total. The number of nitrogens with zero attached hydrogens (tertiary/aromatic N) is 4. The molecule has 0 saturated heterocycles. The van der Waals surface area contributed by atoms with Gasteiger partial charge in [0.1, 0.15) is 0 Å². The van der Waals surface area contributed by atoms with Crippen molar-refractivity contribution in [3.05, 3.63) is 218 Å². The molecule has 0 spiro atoms. The zero-order valence-corrected chi connectivity index (χ0v) is 32.1. The van der Waals surface area contributed by atoms with E-state index in [2.05, 4.69) is 199 Å². The minimum atomic E-state index is 0.623. The van der Waals surface area contributed by atoms with Gasteiger partial charge in [-0.2, -0.15) is 0 Å². The van der Waals surface area contributed by atoms with E-state index >= 15 is 0 Å². The van der Waals surface area contributed by atoms with Crippen molar-refractivity contribution in [2.75, 3.05) is 0 Å². The fraction of sp³-hybridized carbons (Fsp3) is 0. The molecule has 0 radical (unpaired) electrons. The average molecular weight is 753 g/mol. The number of benzene rings is 9. The molecule has 0 unspecified atom stereocenters. The minimum Gasteiger partial charge on any atom is -0.309 e. The number of aromatic nitrogens is 4. The molecular weight excluding hydrogens is 717 g/mol. The van der Waals surface area contributed by atoms with E-state index in [1.54, 1.807) is 0 Å². The molecule has 11 aromatic rings. The number of fused-ring (bicyclic) bond motifs is 4. The van der Waals surface area contributed by atoms with Crippen LogP contribution in [-0.2, 0) is 0 Å². The van der Waals surface area contributed by atoms with Gasteiger partial charge in [0.15, 0.2) is 17.5 Å². The first kappa shape index (κ1) is 34.3. The van der Waals surface area contributed by atoms with Gasteiger partial charge in [0.2, 0.25) is 0 Å². The van der Waals surface area contributed by atoms with Crippen molar-refractivity contribution in [2.45, 2.75) is 0 Å². The van der Waals surface area contributed by atoms with Crippen molar-refractivity contribution in [1.82, 2.24) is 19.5 Å². The summed E-state index contributed by atoms with van der Waals surface area (Å²) in [4.78, 5) is 15.3. The maximum Gasteiger partial charge on any atom is 0.164 e. The molecule has 0 aliphatic rings. The molecule has 276 valence electrons. The summed E-state index contributed by atoms with van der Waals surface area (Å²) in [6.07, 6.45) is 0.